The highest BCUT2D eigenvalue weighted by atomic mass is 16.3. The highest BCUT2D eigenvalue weighted by molar-refractivity contribution is 5.40. The quantitative estimate of drug-likeness (QED) is 0.722. The Kier molecular flexibility index (Phi) is 3.73. The molecule has 1 aromatic carbocycles. The molecule has 0 aliphatic heterocycles. The van der Waals surface area contributed by atoms with Crippen molar-refractivity contribution in [1.29, 1.82) is 0 Å². The minimum absolute atomic E-state index is 0.293. The molecule has 3 aliphatic carbocycles. The Morgan fingerprint density at radius 3 is 2.83 bits per heavy atom. The van der Waals surface area contributed by atoms with Gasteiger partial charge in [0.2, 0.25) is 0 Å². The van der Waals surface area contributed by atoms with Crippen LogP contribution in [0.5, 0.6) is 0 Å². The zero-order valence-electron chi connectivity index (χ0n) is 15.5. The van der Waals surface area contributed by atoms with Crippen LogP contribution in [0.15, 0.2) is 30.9 Å². The van der Waals surface area contributed by atoms with E-state index in [9.17, 15) is 5.11 Å². The first-order chi connectivity index (χ1) is 11.4. The predicted octanol–water partition coefficient (Wildman–Crippen LogP) is 5.40. The Hall–Kier alpha value is -1.08. The van der Waals surface area contributed by atoms with Crippen molar-refractivity contribution >= 4 is 0 Å². The fourth-order valence-corrected chi connectivity index (χ4v) is 6.78. The Bertz CT molecular complexity index is 662. The van der Waals surface area contributed by atoms with Crippen molar-refractivity contribution in [3.8, 4) is 0 Å². The third-order valence-corrected chi connectivity index (χ3v) is 7.97. The van der Waals surface area contributed by atoms with Crippen LogP contribution in [0.2, 0.25) is 0 Å². The summed E-state index contributed by atoms with van der Waals surface area (Å²) in [5.41, 5.74) is 3.92. The van der Waals surface area contributed by atoms with Crippen molar-refractivity contribution in [3.05, 3.63) is 47.5 Å². The molecule has 0 heterocycles. The summed E-state index contributed by atoms with van der Waals surface area (Å²) in [5.74, 6) is 2.42. The molecule has 0 radical (unpaired) electrons. The number of hydrogen-bond donors (Lipinski definition) is 1. The second kappa shape index (κ2) is 5.46. The van der Waals surface area contributed by atoms with Gasteiger partial charge in [-0.25, -0.2) is 0 Å². The molecule has 6 atom stereocenters. The van der Waals surface area contributed by atoms with Crippen LogP contribution in [0.1, 0.15) is 68.6 Å². The number of aryl methyl sites for hydroxylation is 2. The number of aliphatic hydroxyl groups is 1. The highest BCUT2D eigenvalue weighted by Crippen LogP contribution is 2.66. The van der Waals surface area contributed by atoms with E-state index in [0.29, 0.717) is 17.3 Å². The summed E-state index contributed by atoms with van der Waals surface area (Å²) in [7, 11) is 0. The topological polar surface area (TPSA) is 20.2 Å². The standard InChI is InChI=1S/C23H32O/c1-5-12-23(24)14-22(4)16(3)7-11-20(22)19-10-8-17-13-15(2)6-9-18(17)21(19)23/h5-6,9,13,16,19-21,24H,1,7-8,10-12,14H2,2-4H3/t16-,19?,20?,21?,22+,23-/m0/s1. The summed E-state index contributed by atoms with van der Waals surface area (Å²) in [5, 5.41) is 11.8. The summed E-state index contributed by atoms with van der Waals surface area (Å²) >= 11 is 0. The lowest BCUT2D eigenvalue weighted by Gasteiger charge is -2.58. The molecule has 3 unspecified atom stereocenters. The molecule has 1 aromatic rings. The maximum atomic E-state index is 11.8. The van der Waals surface area contributed by atoms with Crippen LogP contribution < -0.4 is 0 Å². The van der Waals surface area contributed by atoms with Crippen LogP contribution in [0.4, 0.5) is 0 Å². The van der Waals surface area contributed by atoms with Crippen molar-refractivity contribution in [1.82, 2.24) is 0 Å². The summed E-state index contributed by atoms with van der Waals surface area (Å²) in [4.78, 5) is 0. The lowest BCUT2D eigenvalue weighted by Crippen LogP contribution is -2.55. The van der Waals surface area contributed by atoms with Crippen molar-refractivity contribution < 1.29 is 5.11 Å². The minimum atomic E-state index is -0.624. The Labute approximate surface area is 147 Å². The molecule has 0 spiro atoms. The summed E-state index contributed by atoms with van der Waals surface area (Å²) in [6.45, 7) is 11.0. The molecule has 0 aromatic heterocycles. The van der Waals surface area contributed by atoms with Gasteiger partial charge in [-0.05, 0) is 79.7 Å². The zero-order valence-corrected chi connectivity index (χ0v) is 15.5. The first kappa shape index (κ1) is 16.4. The van der Waals surface area contributed by atoms with Gasteiger partial charge in [-0.3, -0.25) is 0 Å². The van der Waals surface area contributed by atoms with Crippen LogP contribution in [0.25, 0.3) is 0 Å². The van der Waals surface area contributed by atoms with E-state index < -0.39 is 5.60 Å². The third-order valence-electron chi connectivity index (χ3n) is 7.97. The van der Waals surface area contributed by atoms with E-state index in [1.54, 1.807) is 0 Å². The summed E-state index contributed by atoms with van der Waals surface area (Å²) < 4.78 is 0. The minimum Gasteiger partial charge on any atom is -0.389 e. The van der Waals surface area contributed by atoms with E-state index in [4.69, 9.17) is 0 Å². The van der Waals surface area contributed by atoms with Gasteiger partial charge in [0, 0.05) is 5.92 Å². The van der Waals surface area contributed by atoms with Crippen LogP contribution in [-0.2, 0) is 6.42 Å². The van der Waals surface area contributed by atoms with Crippen molar-refractivity contribution in [3.63, 3.8) is 0 Å². The molecule has 2 saturated carbocycles. The lowest BCUT2D eigenvalue weighted by atomic mass is 9.49. The molecule has 0 bridgehead atoms. The predicted molar refractivity (Wildman–Crippen MR) is 100 cm³/mol. The SMILES string of the molecule is C=CC[C@]1(O)C[C@@]2(C)C(CC[C@@H]2C)C2CCc3cc(C)ccc3C21. The lowest BCUT2D eigenvalue weighted by molar-refractivity contribution is -0.122. The monoisotopic (exact) mass is 324 g/mol. The molecular formula is C23H32O. The molecule has 3 aliphatic rings. The molecule has 1 N–H and O–H groups in total. The number of hydrogen-bond acceptors (Lipinski definition) is 1. The molecule has 0 saturated heterocycles. The number of fused-ring (bicyclic) bond motifs is 5. The van der Waals surface area contributed by atoms with Crippen LogP contribution in [0, 0.1) is 30.1 Å². The van der Waals surface area contributed by atoms with Gasteiger partial charge in [-0.15, -0.1) is 6.58 Å². The molecule has 1 heteroatoms. The first-order valence-electron chi connectivity index (χ1n) is 9.82. The zero-order chi connectivity index (χ0) is 17.1. The van der Waals surface area contributed by atoms with Gasteiger partial charge in [0.25, 0.3) is 0 Å². The maximum absolute atomic E-state index is 11.8. The van der Waals surface area contributed by atoms with Crippen molar-refractivity contribution in [2.75, 3.05) is 0 Å². The van der Waals surface area contributed by atoms with E-state index in [0.717, 1.165) is 24.7 Å². The molecule has 24 heavy (non-hydrogen) atoms. The Balaban J connectivity index is 1.84. The molecule has 1 nitrogen and oxygen atoms in total. The fraction of sp³-hybridized carbons (Fsp3) is 0.652. The molecular weight excluding hydrogens is 292 g/mol. The van der Waals surface area contributed by atoms with Gasteiger partial charge >= 0.3 is 0 Å². The van der Waals surface area contributed by atoms with Crippen LogP contribution in [-0.4, -0.2) is 10.7 Å². The number of benzene rings is 1. The average Bonchev–Trinajstić information content (AvgIpc) is 2.81. The van der Waals surface area contributed by atoms with Crippen LogP contribution >= 0.6 is 0 Å². The number of rotatable bonds is 2. The van der Waals surface area contributed by atoms with E-state index in [1.807, 2.05) is 6.08 Å². The smallest absolute Gasteiger partial charge is 0.0758 e. The van der Waals surface area contributed by atoms with E-state index in [2.05, 4.69) is 45.5 Å². The molecule has 2 fully saturated rings. The van der Waals surface area contributed by atoms with Gasteiger partial charge in [-0.1, -0.05) is 43.7 Å². The fourth-order valence-electron chi connectivity index (χ4n) is 6.78. The second-order valence-corrected chi connectivity index (χ2v) is 9.25. The van der Waals surface area contributed by atoms with Gasteiger partial charge in [-0.2, -0.15) is 0 Å². The average molecular weight is 325 g/mol. The van der Waals surface area contributed by atoms with E-state index in [-0.39, 0.29) is 0 Å². The van der Waals surface area contributed by atoms with Gasteiger partial charge in [0.1, 0.15) is 0 Å². The van der Waals surface area contributed by atoms with E-state index in [1.165, 1.54) is 42.4 Å². The molecule has 0 amide bonds. The van der Waals surface area contributed by atoms with Crippen molar-refractivity contribution in [2.45, 2.75) is 70.8 Å². The van der Waals surface area contributed by atoms with Crippen LogP contribution in [0.3, 0.4) is 0 Å². The highest BCUT2D eigenvalue weighted by Gasteiger charge is 2.61. The summed E-state index contributed by atoms with van der Waals surface area (Å²) in [6.07, 6.45) is 8.71. The van der Waals surface area contributed by atoms with Gasteiger partial charge in [0.05, 0.1) is 5.60 Å². The largest absolute Gasteiger partial charge is 0.389 e. The van der Waals surface area contributed by atoms with Gasteiger partial charge in [0.15, 0.2) is 0 Å². The first-order valence-corrected chi connectivity index (χ1v) is 9.82. The van der Waals surface area contributed by atoms with Crippen molar-refractivity contribution in [2.24, 2.45) is 23.2 Å². The second-order valence-electron chi connectivity index (χ2n) is 9.25. The Morgan fingerprint density at radius 1 is 1.29 bits per heavy atom. The summed E-state index contributed by atoms with van der Waals surface area (Å²) in [6, 6.07) is 6.90. The molecule has 4 rings (SSSR count). The van der Waals surface area contributed by atoms with Gasteiger partial charge < -0.3 is 5.11 Å². The maximum Gasteiger partial charge on any atom is 0.0758 e. The van der Waals surface area contributed by atoms with E-state index >= 15 is 0 Å². The third kappa shape index (κ3) is 2.17. The molecule has 130 valence electrons. The Morgan fingerprint density at radius 2 is 2.08 bits per heavy atom. The normalized spacial score (nSPS) is 43.7.